The minimum absolute atomic E-state index is 0.198. The number of carbonyl (C=O) groups is 1. The lowest BCUT2D eigenvalue weighted by Gasteiger charge is -2.01. The van der Waals surface area contributed by atoms with Crippen molar-refractivity contribution in [2.75, 3.05) is 0 Å². The molecule has 0 aromatic heterocycles. The summed E-state index contributed by atoms with van der Waals surface area (Å²) in [7, 11) is 0. The molecule has 0 radical (unpaired) electrons. The van der Waals surface area contributed by atoms with E-state index in [-0.39, 0.29) is 12.3 Å². The lowest BCUT2D eigenvalue weighted by atomic mass is 10.1. The summed E-state index contributed by atoms with van der Waals surface area (Å²) < 4.78 is 0. The second-order valence-corrected chi connectivity index (χ2v) is 4.96. The van der Waals surface area contributed by atoms with Crippen LogP contribution in [-0.4, -0.2) is 12.1 Å². The number of benzene rings is 2. The van der Waals surface area contributed by atoms with E-state index in [1.165, 1.54) is 6.21 Å². The maximum Gasteiger partial charge on any atom is 0.244 e. The fraction of sp³-hybridized carbons (Fsp3) is 0.0667. The highest BCUT2D eigenvalue weighted by Crippen LogP contribution is 2.12. The van der Waals surface area contributed by atoms with Gasteiger partial charge in [-0.05, 0) is 23.8 Å². The Kier molecular flexibility index (Phi) is 5.16. The van der Waals surface area contributed by atoms with Crippen LogP contribution in [-0.2, 0) is 11.2 Å². The maximum absolute atomic E-state index is 11.7. The van der Waals surface area contributed by atoms with Gasteiger partial charge in [-0.3, -0.25) is 4.79 Å². The molecule has 0 aliphatic carbocycles. The van der Waals surface area contributed by atoms with E-state index < -0.39 is 0 Å². The third kappa shape index (κ3) is 4.37. The van der Waals surface area contributed by atoms with E-state index in [0.29, 0.717) is 10.0 Å². The summed E-state index contributed by atoms with van der Waals surface area (Å²) in [5.41, 5.74) is 4.09. The summed E-state index contributed by atoms with van der Waals surface area (Å²) in [5.74, 6) is -0.198. The van der Waals surface area contributed by atoms with Gasteiger partial charge >= 0.3 is 0 Å². The van der Waals surface area contributed by atoms with E-state index in [9.17, 15) is 4.79 Å². The van der Waals surface area contributed by atoms with E-state index in [1.54, 1.807) is 30.3 Å². The molecule has 0 unspecified atom stereocenters. The van der Waals surface area contributed by atoms with Crippen molar-refractivity contribution in [1.82, 2.24) is 5.43 Å². The number of hydrogen-bond acceptors (Lipinski definition) is 2. The number of amides is 1. The Hall–Kier alpha value is -1.84. The van der Waals surface area contributed by atoms with Gasteiger partial charge in [0.15, 0.2) is 0 Å². The summed E-state index contributed by atoms with van der Waals surface area (Å²) in [6.45, 7) is 0. The second kappa shape index (κ2) is 7.08. The van der Waals surface area contributed by atoms with Gasteiger partial charge in [-0.15, -0.1) is 0 Å². The molecule has 0 fully saturated rings. The third-order valence-electron chi connectivity index (χ3n) is 2.58. The molecule has 0 saturated heterocycles. The summed E-state index contributed by atoms with van der Waals surface area (Å²) in [5, 5.41) is 5.11. The van der Waals surface area contributed by atoms with Crippen molar-refractivity contribution in [2.24, 2.45) is 5.10 Å². The van der Waals surface area contributed by atoms with E-state index in [4.69, 9.17) is 23.2 Å². The van der Waals surface area contributed by atoms with Crippen LogP contribution in [0, 0.1) is 0 Å². The number of rotatable bonds is 4. The van der Waals surface area contributed by atoms with Crippen LogP contribution in [0.4, 0.5) is 0 Å². The Bertz CT molecular complexity index is 624. The Balaban J connectivity index is 1.89. The SMILES string of the molecule is O=C(Cc1ccc(Cl)cc1)N/N=C\c1ccccc1Cl. The van der Waals surface area contributed by atoms with E-state index in [2.05, 4.69) is 10.5 Å². The van der Waals surface area contributed by atoms with Crippen LogP contribution < -0.4 is 5.43 Å². The molecule has 0 spiro atoms. The number of hydrazone groups is 1. The summed E-state index contributed by atoms with van der Waals surface area (Å²) in [4.78, 5) is 11.7. The second-order valence-electron chi connectivity index (χ2n) is 4.12. The van der Waals surface area contributed by atoms with Crippen molar-refractivity contribution < 1.29 is 4.79 Å². The van der Waals surface area contributed by atoms with Crippen molar-refractivity contribution in [1.29, 1.82) is 0 Å². The number of nitrogens with zero attached hydrogens (tertiary/aromatic N) is 1. The van der Waals surface area contributed by atoms with Crippen LogP contribution in [0.3, 0.4) is 0 Å². The zero-order chi connectivity index (χ0) is 14.4. The first-order valence-electron chi connectivity index (χ1n) is 5.96. The van der Waals surface area contributed by atoms with E-state index >= 15 is 0 Å². The highest BCUT2D eigenvalue weighted by Gasteiger charge is 2.02. The van der Waals surface area contributed by atoms with Crippen LogP contribution in [0.2, 0.25) is 10.0 Å². The molecule has 102 valence electrons. The molecule has 0 atom stereocenters. The average molecular weight is 307 g/mol. The third-order valence-corrected chi connectivity index (χ3v) is 3.17. The van der Waals surface area contributed by atoms with Crippen molar-refractivity contribution >= 4 is 35.3 Å². The van der Waals surface area contributed by atoms with Gasteiger partial charge in [0.25, 0.3) is 0 Å². The Morgan fingerprint density at radius 2 is 1.80 bits per heavy atom. The molecule has 0 saturated carbocycles. The first kappa shape index (κ1) is 14.6. The van der Waals surface area contributed by atoms with Gasteiger partial charge in [0.2, 0.25) is 5.91 Å². The zero-order valence-electron chi connectivity index (χ0n) is 10.5. The van der Waals surface area contributed by atoms with Crippen molar-refractivity contribution in [2.45, 2.75) is 6.42 Å². The lowest BCUT2D eigenvalue weighted by Crippen LogP contribution is -2.19. The van der Waals surface area contributed by atoms with Crippen LogP contribution in [0.15, 0.2) is 53.6 Å². The van der Waals surface area contributed by atoms with Gasteiger partial charge in [-0.2, -0.15) is 5.10 Å². The number of hydrogen-bond donors (Lipinski definition) is 1. The average Bonchev–Trinajstić information content (AvgIpc) is 2.43. The molecule has 20 heavy (non-hydrogen) atoms. The first-order valence-corrected chi connectivity index (χ1v) is 6.71. The molecule has 0 aliphatic rings. The van der Waals surface area contributed by atoms with Crippen LogP contribution in [0.1, 0.15) is 11.1 Å². The molecule has 3 nitrogen and oxygen atoms in total. The molecular formula is C15H12Cl2N2O. The monoisotopic (exact) mass is 306 g/mol. The van der Waals surface area contributed by atoms with Gasteiger partial charge < -0.3 is 0 Å². The smallest absolute Gasteiger partial charge is 0.244 e. The standard InChI is InChI=1S/C15H12Cl2N2O/c16-13-7-5-11(6-8-13)9-15(20)19-18-10-12-3-1-2-4-14(12)17/h1-8,10H,9H2,(H,19,20)/b18-10-. The van der Waals surface area contributed by atoms with Gasteiger partial charge in [-0.25, -0.2) is 5.43 Å². The van der Waals surface area contributed by atoms with Gasteiger partial charge in [0.05, 0.1) is 12.6 Å². The van der Waals surface area contributed by atoms with Crippen LogP contribution >= 0.6 is 23.2 Å². The molecule has 1 N–H and O–H groups in total. The predicted molar refractivity (Wildman–Crippen MR) is 82.3 cm³/mol. The molecule has 0 heterocycles. The minimum atomic E-state index is -0.198. The van der Waals surface area contributed by atoms with Crippen LogP contribution in [0.5, 0.6) is 0 Å². The fourth-order valence-electron chi connectivity index (χ4n) is 1.58. The Morgan fingerprint density at radius 3 is 2.50 bits per heavy atom. The topological polar surface area (TPSA) is 41.5 Å². The van der Waals surface area contributed by atoms with Gasteiger partial charge in [-0.1, -0.05) is 53.5 Å². The number of carbonyl (C=O) groups excluding carboxylic acids is 1. The molecule has 0 bridgehead atoms. The first-order chi connectivity index (χ1) is 9.65. The van der Waals surface area contributed by atoms with Gasteiger partial charge in [0, 0.05) is 15.6 Å². The molecule has 2 aromatic rings. The number of nitrogens with one attached hydrogen (secondary N) is 1. The molecule has 0 aliphatic heterocycles. The summed E-state index contributed by atoms with van der Waals surface area (Å²) in [6.07, 6.45) is 1.76. The van der Waals surface area contributed by atoms with E-state index in [1.807, 2.05) is 18.2 Å². The lowest BCUT2D eigenvalue weighted by molar-refractivity contribution is -0.120. The predicted octanol–water partition coefficient (Wildman–Crippen LogP) is 3.69. The van der Waals surface area contributed by atoms with Crippen molar-refractivity contribution in [3.05, 3.63) is 69.7 Å². The molecular weight excluding hydrogens is 295 g/mol. The normalized spacial score (nSPS) is 10.7. The Labute approximate surface area is 127 Å². The largest absolute Gasteiger partial charge is 0.273 e. The fourth-order valence-corrected chi connectivity index (χ4v) is 1.89. The quantitative estimate of drug-likeness (QED) is 0.679. The van der Waals surface area contributed by atoms with E-state index in [0.717, 1.165) is 11.1 Å². The minimum Gasteiger partial charge on any atom is -0.273 e. The molecule has 2 rings (SSSR count). The molecule has 2 aromatic carbocycles. The highest BCUT2D eigenvalue weighted by atomic mass is 35.5. The van der Waals surface area contributed by atoms with Crippen molar-refractivity contribution in [3.63, 3.8) is 0 Å². The number of halogens is 2. The Morgan fingerprint density at radius 1 is 1.10 bits per heavy atom. The van der Waals surface area contributed by atoms with Crippen molar-refractivity contribution in [3.8, 4) is 0 Å². The molecule has 5 heteroatoms. The highest BCUT2D eigenvalue weighted by molar-refractivity contribution is 6.33. The zero-order valence-corrected chi connectivity index (χ0v) is 12.0. The summed E-state index contributed by atoms with van der Waals surface area (Å²) >= 11 is 11.7. The molecule has 1 amide bonds. The maximum atomic E-state index is 11.7. The van der Waals surface area contributed by atoms with Crippen LogP contribution in [0.25, 0.3) is 0 Å². The summed E-state index contributed by atoms with van der Waals surface area (Å²) in [6, 6.07) is 14.4. The van der Waals surface area contributed by atoms with Gasteiger partial charge in [0.1, 0.15) is 0 Å².